The summed E-state index contributed by atoms with van der Waals surface area (Å²) in [5.41, 5.74) is 15.7. The van der Waals surface area contributed by atoms with Gasteiger partial charge in [-0.05, 0) is 0 Å². The van der Waals surface area contributed by atoms with E-state index in [1.165, 1.54) is 6.34 Å². The van der Waals surface area contributed by atoms with Crippen molar-refractivity contribution in [3.8, 4) is 0 Å². The summed E-state index contributed by atoms with van der Waals surface area (Å²) in [6.45, 7) is 0. The number of rotatable bonds is 0. The first-order chi connectivity index (χ1) is 5.98. The van der Waals surface area contributed by atoms with Crippen molar-refractivity contribution in [2.24, 2.45) is 32.2 Å². The standard InChI is InChI=1S/C5H8ClN7/c6-2-4(8)5(9,11-1-10-4)13-3(7)12-2/h1H,8-9H2,(H2,7,13)(H,10,11). The molecule has 0 fully saturated rings. The van der Waals surface area contributed by atoms with Crippen LogP contribution in [0, 0.1) is 0 Å². The van der Waals surface area contributed by atoms with Crippen LogP contribution in [0.25, 0.3) is 0 Å². The molecular weight excluding hydrogens is 194 g/mol. The van der Waals surface area contributed by atoms with Gasteiger partial charge in [0.05, 0.1) is 6.34 Å². The van der Waals surface area contributed by atoms with Crippen LogP contribution in [0.5, 0.6) is 0 Å². The van der Waals surface area contributed by atoms with Gasteiger partial charge in [-0.1, -0.05) is 11.6 Å². The second-order valence-corrected chi connectivity index (χ2v) is 3.17. The molecule has 13 heavy (non-hydrogen) atoms. The Balaban J connectivity index is 2.56. The molecule has 0 aromatic heterocycles. The van der Waals surface area contributed by atoms with E-state index in [9.17, 15) is 0 Å². The summed E-state index contributed by atoms with van der Waals surface area (Å²) in [6, 6.07) is 0. The van der Waals surface area contributed by atoms with Crippen LogP contribution in [0.3, 0.4) is 0 Å². The average Bonchev–Trinajstić information content (AvgIpc) is 2.28. The van der Waals surface area contributed by atoms with Gasteiger partial charge in [-0.15, -0.1) is 0 Å². The van der Waals surface area contributed by atoms with Crippen LogP contribution < -0.4 is 22.5 Å². The number of nitrogens with two attached hydrogens (primary N) is 3. The molecule has 2 aliphatic heterocycles. The van der Waals surface area contributed by atoms with Crippen LogP contribution in [0.15, 0.2) is 15.0 Å². The molecule has 0 amide bonds. The number of hydrogen-bond acceptors (Lipinski definition) is 7. The quantitative estimate of drug-likeness (QED) is 0.356. The van der Waals surface area contributed by atoms with Crippen LogP contribution in [-0.2, 0) is 0 Å². The topological polar surface area (TPSA) is 127 Å². The Labute approximate surface area is 78.7 Å². The first kappa shape index (κ1) is 8.42. The van der Waals surface area contributed by atoms with Crippen molar-refractivity contribution in [1.29, 1.82) is 0 Å². The van der Waals surface area contributed by atoms with Crippen molar-refractivity contribution in [1.82, 2.24) is 5.32 Å². The van der Waals surface area contributed by atoms with E-state index in [4.69, 9.17) is 28.8 Å². The summed E-state index contributed by atoms with van der Waals surface area (Å²) in [7, 11) is 0. The van der Waals surface area contributed by atoms with Crippen molar-refractivity contribution in [3.63, 3.8) is 0 Å². The summed E-state index contributed by atoms with van der Waals surface area (Å²) in [4.78, 5) is 11.4. The smallest absolute Gasteiger partial charge is 0.251 e. The van der Waals surface area contributed by atoms with Crippen LogP contribution in [-0.4, -0.2) is 28.9 Å². The average molecular weight is 202 g/mol. The lowest BCUT2D eigenvalue weighted by atomic mass is 10.1. The molecule has 70 valence electrons. The molecule has 7 nitrogen and oxygen atoms in total. The largest absolute Gasteiger partial charge is 0.368 e. The highest BCUT2D eigenvalue weighted by molar-refractivity contribution is 6.68. The molecular formula is C5H8ClN7. The van der Waals surface area contributed by atoms with E-state index in [0.717, 1.165) is 0 Å². The van der Waals surface area contributed by atoms with E-state index in [1.54, 1.807) is 0 Å². The minimum Gasteiger partial charge on any atom is -0.368 e. The number of nitrogens with one attached hydrogen (secondary N) is 1. The number of guanidine groups is 1. The Morgan fingerprint density at radius 3 is 2.85 bits per heavy atom. The summed E-state index contributed by atoms with van der Waals surface area (Å²) >= 11 is 5.79. The van der Waals surface area contributed by atoms with Gasteiger partial charge < -0.3 is 11.1 Å². The zero-order valence-corrected chi connectivity index (χ0v) is 7.28. The van der Waals surface area contributed by atoms with E-state index in [-0.39, 0.29) is 11.1 Å². The Hall–Kier alpha value is -1.18. The summed E-state index contributed by atoms with van der Waals surface area (Å²) in [5.74, 6) is -1.43. The van der Waals surface area contributed by atoms with Gasteiger partial charge in [-0.25, -0.2) is 15.0 Å². The lowest BCUT2D eigenvalue weighted by Crippen LogP contribution is -2.72. The molecule has 0 aromatic carbocycles. The molecule has 0 spiro atoms. The third-order valence-corrected chi connectivity index (χ3v) is 2.34. The number of halogens is 1. The first-order valence-electron chi connectivity index (χ1n) is 3.47. The molecule has 2 unspecified atom stereocenters. The SMILES string of the molecule is NC1=NC2(N)N=CNC2(N)C(Cl)=N1. The lowest BCUT2D eigenvalue weighted by Gasteiger charge is -2.35. The van der Waals surface area contributed by atoms with E-state index >= 15 is 0 Å². The normalized spacial score (nSPS) is 42.1. The predicted molar refractivity (Wildman–Crippen MR) is 50.4 cm³/mol. The fourth-order valence-corrected chi connectivity index (χ4v) is 1.44. The minimum atomic E-state index is -1.39. The number of hydrogen-bond donors (Lipinski definition) is 4. The molecule has 0 saturated heterocycles. The van der Waals surface area contributed by atoms with Gasteiger partial charge in [0.25, 0.3) is 5.79 Å². The second-order valence-electron chi connectivity index (χ2n) is 2.81. The molecule has 8 heteroatoms. The van der Waals surface area contributed by atoms with Crippen molar-refractivity contribution < 1.29 is 0 Å². The maximum absolute atomic E-state index is 5.82. The number of nitrogens with zero attached hydrogens (tertiary/aromatic N) is 3. The molecule has 0 saturated carbocycles. The summed E-state index contributed by atoms with van der Waals surface area (Å²) in [5, 5.41) is 2.72. The monoisotopic (exact) mass is 201 g/mol. The Bertz CT molecular complexity index is 347. The predicted octanol–water partition coefficient (Wildman–Crippen LogP) is -2.15. The highest BCUT2D eigenvalue weighted by Crippen LogP contribution is 2.27. The highest BCUT2D eigenvalue weighted by atomic mass is 35.5. The number of aliphatic imine (C=N–C) groups is 3. The van der Waals surface area contributed by atoms with Crippen LogP contribution >= 0.6 is 11.6 Å². The van der Waals surface area contributed by atoms with E-state index < -0.39 is 11.4 Å². The van der Waals surface area contributed by atoms with Gasteiger partial charge in [0.15, 0.2) is 5.17 Å². The Morgan fingerprint density at radius 2 is 2.15 bits per heavy atom. The minimum absolute atomic E-state index is 0.0329. The zero-order valence-electron chi connectivity index (χ0n) is 6.53. The second kappa shape index (κ2) is 2.19. The van der Waals surface area contributed by atoms with E-state index in [2.05, 4.69) is 20.3 Å². The Kier molecular flexibility index (Phi) is 1.42. The van der Waals surface area contributed by atoms with Gasteiger partial charge in [0.2, 0.25) is 11.6 Å². The van der Waals surface area contributed by atoms with Gasteiger partial charge in [0.1, 0.15) is 0 Å². The maximum Gasteiger partial charge on any atom is 0.251 e. The lowest BCUT2D eigenvalue weighted by molar-refractivity contribution is 0.322. The fraction of sp³-hybridized carbons (Fsp3) is 0.400. The Morgan fingerprint density at radius 1 is 1.46 bits per heavy atom. The van der Waals surface area contributed by atoms with Crippen molar-refractivity contribution in [2.45, 2.75) is 11.4 Å². The molecule has 2 heterocycles. The molecule has 7 N–H and O–H groups in total. The van der Waals surface area contributed by atoms with Crippen molar-refractivity contribution >= 4 is 29.1 Å². The molecule has 2 atom stereocenters. The van der Waals surface area contributed by atoms with Gasteiger partial charge in [-0.2, -0.15) is 0 Å². The maximum atomic E-state index is 5.82. The third-order valence-electron chi connectivity index (χ3n) is 1.96. The number of fused-ring (bicyclic) bond motifs is 1. The van der Waals surface area contributed by atoms with Gasteiger partial charge in [0, 0.05) is 0 Å². The molecule has 0 aliphatic carbocycles. The van der Waals surface area contributed by atoms with Crippen LogP contribution in [0.2, 0.25) is 0 Å². The van der Waals surface area contributed by atoms with Crippen LogP contribution in [0.4, 0.5) is 0 Å². The molecule has 0 aromatic rings. The van der Waals surface area contributed by atoms with Gasteiger partial charge in [-0.3, -0.25) is 11.5 Å². The van der Waals surface area contributed by atoms with Crippen molar-refractivity contribution in [2.75, 3.05) is 0 Å². The van der Waals surface area contributed by atoms with Crippen LogP contribution in [0.1, 0.15) is 0 Å². The molecule has 0 radical (unpaired) electrons. The van der Waals surface area contributed by atoms with Gasteiger partial charge >= 0.3 is 0 Å². The fourth-order valence-electron chi connectivity index (χ4n) is 1.16. The summed E-state index contributed by atoms with van der Waals surface area (Å²) < 4.78 is 0. The van der Waals surface area contributed by atoms with E-state index in [0.29, 0.717) is 0 Å². The highest BCUT2D eigenvalue weighted by Gasteiger charge is 2.55. The summed E-state index contributed by atoms with van der Waals surface area (Å²) in [6.07, 6.45) is 1.33. The zero-order chi connectivity index (χ0) is 9.69. The third kappa shape index (κ3) is 0.886. The first-order valence-corrected chi connectivity index (χ1v) is 3.85. The van der Waals surface area contributed by atoms with E-state index in [1.807, 2.05) is 0 Å². The molecule has 2 aliphatic rings. The van der Waals surface area contributed by atoms with Crippen molar-refractivity contribution in [3.05, 3.63) is 0 Å². The molecule has 0 bridgehead atoms. The molecule has 2 rings (SSSR count).